The van der Waals surface area contributed by atoms with Gasteiger partial charge < -0.3 is 5.84 Å². The standard InChI is InChI=1S/C11H8Cl2N6/c12-8-2-1-6(3-9(8)13)19-11-7(4-17-19)10(14)18(15)5-16-11/h1-5,14H,15H2. The minimum absolute atomic E-state index is 0.135. The number of nitrogen functional groups attached to an aromatic ring is 1. The zero-order chi connectivity index (χ0) is 13.6. The summed E-state index contributed by atoms with van der Waals surface area (Å²) in [6.07, 6.45) is 2.90. The molecule has 3 aromatic rings. The first kappa shape index (κ1) is 12.0. The van der Waals surface area contributed by atoms with E-state index in [4.69, 9.17) is 34.5 Å². The Balaban J connectivity index is 2.29. The highest BCUT2D eigenvalue weighted by Crippen LogP contribution is 2.25. The molecule has 2 heterocycles. The van der Waals surface area contributed by atoms with Crippen molar-refractivity contribution in [3.05, 3.63) is 46.3 Å². The van der Waals surface area contributed by atoms with Crippen molar-refractivity contribution in [3.8, 4) is 5.69 Å². The van der Waals surface area contributed by atoms with Crippen molar-refractivity contribution in [3.63, 3.8) is 0 Å². The lowest BCUT2D eigenvalue weighted by molar-refractivity contribution is 0.851. The maximum Gasteiger partial charge on any atom is 0.168 e. The van der Waals surface area contributed by atoms with Crippen LogP contribution < -0.4 is 11.3 Å². The van der Waals surface area contributed by atoms with E-state index in [0.717, 1.165) is 4.68 Å². The number of aromatic nitrogens is 4. The Morgan fingerprint density at radius 3 is 2.74 bits per heavy atom. The van der Waals surface area contributed by atoms with Crippen LogP contribution in [0.4, 0.5) is 0 Å². The van der Waals surface area contributed by atoms with Crippen molar-refractivity contribution in [2.24, 2.45) is 0 Å². The first-order valence-corrected chi connectivity index (χ1v) is 6.04. The summed E-state index contributed by atoms with van der Waals surface area (Å²) in [5.74, 6) is 5.57. The molecule has 19 heavy (non-hydrogen) atoms. The summed E-state index contributed by atoms with van der Waals surface area (Å²) in [4.78, 5) is 4.17. The fourth-order valence-corrected chi connectivity index (χ4v) is 2.05. The van der Waals surface area contributed by atoms with E-state index < -0.39 is 0 Å². The molecule has 8 heteroatoms. The number of halogens is 2. The van der Waals surface area contributed by atoms with Crippen LogP contribution >= 0.6 is 23.2 Å². The maximum absolute atomic E-state index is 7.84. The number of hydrogen-bond donors (Lipinski definition) is 2. The van der Waals surface area contributed by atoms with Gasteiger partial charge in [-0.1, -0.05) is 23.2 Å². The number of hydrogen-bond acceptors (Lipinski definition) is 4. The van der Waals surface area contributed by atoms with Gasteiger partial charge in [0.2, 0.25) is 0 Å². The lowest BCUT2D eigenvalue weighted by Crippen LogP contribution is -2.27. The van der Waals surface area contributed by atoms with Crippen molar-refractivity contribution < 1.29 is 0 Å². The highest BCUT2D eigenvalue weighted by molar-refractivity contribution is 6.42. The SMILES string of the molecule is N=c1c2cnn(-c3ccc(Cl)c(Cl)c3)c2ncn1N. The summed E-state index contributed by atoms with van der Waals surface area (Å²) in [5.41, 5.74) is 1.38. The van der Waals surface area contributed by atoms with Crippen LogP contribution in [0.25, 0.3) is 16.7 Å². The average molecular weight is 295 g/mol. The van der Waals surface area contributed by atoms with Crippen LogP contribution in [0, 0.1) is 5.41 Å². The monoisotopic (exact) mass is 294 g/mol. The molecule has 0 aliphatic carbocycles. The van der Waals surface area contributed by atoms with Gasteiger partial charge in [-0.25, -0.2) is 14.3 Å². The molecule has 0 saturated heterocycles. The summed E-state index contributed by atoms with van der Waals surface area (Å²) in [6, 6.07) is 5.14. The number of rotatable bonds is 1. The van der Waals surface area contributed by atoms with Gasteiger partial charge >= 0.3 is 0 Å². The molecule has 0 saturated carbocycles. The highest BCUT2D eigenvalue weighted by Gasteiger charge is 2.10. The molecule has 3 rings (SSSR count). The Bertz CT molecular complexity index is 835. The van der Waals surface area contributed by atoms with E-state index in [1.54, 1.807) is 22.9 Å². The number of benzene rings is 1. The van der Waals surface area contributed by atoms with Crippen molar-refractivity contribution in [2.45, 2.75) is 0 Å². The van der Waals surface area contributed by atoms with Crippen LogP contribution in [0.3, 0.4) is 0 Å². The number of nitrogens with two attached hydrogens (primary N) is 1. The Labute approximate surface area is 117 Å². The van der Waals surface area contributed by atoms with Crippen LogP contribution in [0.2, 0.25) is 10.0 Å². The Morgan fingerprint density at radius 1 is 1.21 bits per heavy atom. The van der Waals surface area contributed by atoms with Crippen LogP contribution in [0.15, 0.2) is 30.7 Å². The van der Waals surface area contributed by atoms with Gasteiger partial charge in [0.15, 0.2) is 11.1 Å². The predicted molar refractivity (Wildman–Crippen MR) is 72.9 cm³/mol. The molecule has 6 nitrogen and oxygen atoms in total. The normalized spacial score (nSPS) is 11.1. The molecular formula is C11H8Cl2N6. The van der Waals surface area contributed by atoms with Gasteiger partial charge in [0, 0.05) is 0 Å². The third-order valence-corrected chi connectivity index (χ3v) is 3.45. The minimum Gasteiger partial charge on any atom is -0.336 e. The number of nitrogens with zero attached hydrogens (tertiary/aromatic N) is 4. The quantitative estimate of drug-likeness (QED) is 0.670. The lowest BCUT2D eigenvalue weighted by atomic mass is 10.3. The van der Waals surface area contributed by atoms with Gasteiger partial charge in [0.1, 0.15) is 6.33 Å². The molecule has 0 aliphatic heterocycles. The molecule has 0 atom stereocenters. The number of nitrogens with one attached hydrogen (secondary N) is 1. The molecule has 0 radical (unpaired) electrons. The van der Waals surface area contributed by atoms with Crippen molar-refractivity contribution in [1.82, 2.24) is 19.4 Å². The van der Waals surface area contributed by atoms with Crippen molar-refractivity contribution in [2.75, 3.05) is 5.84 Å². The second-order valence-electron chi connectivity index (χ2n) is 3.89. The topological polar surface area (TPSA) is 85.5 Å². The molecule has 2 aromatic heterocycles. The smallest absolute Gasteiger partial charge is 0.168 e. The maximum atomic E-state index is 7.84. The third kappa shape index (κ3) is 1.85. The van der Waals surface area contributed by atoms with E-state index >= 15 is 0 Å². The van der Waals surface area contributed by atoms with Crippen LogP contribution in [-0.4, -0.2) is 19.4 Å². The molecule has 0 bridgehead atoms. The molecular weight excluding hydrogens is 287 g/mol. The summed E-state index contributed by atoms with van der Waals surface area (Å²) >= 11 is 11.9. The third-order valence-electron chi connectivity index (χ3n) is 2.71. The van der Waals surface area contributed by atoms with Gasteiger partial charge in [-0.2, -0.15) is 5.10 Å². The molecule has 0 spiro atoms. The average Bonchev–Trinajstić information content (AvgIpc) is 2.82. The molecule has 0 aliphatic rings. The lowest BCUT2D eigenvalue weighted by Gasteiger charge is -2.05. The van der Waals surface area contributed by atoms with Gasteiger partial charge in [-0.3, -0.25) is 5.41 Å². The molecule has 0 unspecified atom stereocenters. The van der Waals surface area contributed by atoms with E-state index in [2.05, 4.69) is 10.1 Å². The molecule has 1 aromatic carbocycles. The zero-order valence-electron chi connectivity index (χ0n) is 9.51. The van der Waals surface area contributed by atoms with Gasteiger partial charge in [-0.15, -0.1) is 0 Å². The van der Waals surface area contributed by atoms with Crippen molar-refractivity contribution >= 4 is 34.2 Å². The van der Waals surface area contributed by atoms with Crippen LogP contribution in [0.1, 0.15) is 0 Å². The van der Waals surface area contributed by atoms with E-state index in [-0.39, 0.29) is 5.49 Å². The first-order valence-electron chi connectivity index (χ1n) is 5.28. The minimum atomic E-state index is 0.135. The van der Waals surface area contributed by atoms with E-state index in [9.17, 15) is 0 Å². The fourth-order valence-electron chi connectivity index (χ4n) is 1.75. The molecule has 0 amide bonds. The molecule has 3 N–H and O–H groups in total. The molecule has 96 valence electrons. The Kier molecular flexibility index (Phi) is 2.69. The predicted octanol–water partition coefficient (Wildman–Crippen LogP) is 1.72. The zero-order valence-corrected chi connectivity index (χ0v) is 11.0. The molecule has 0 fully saturated rings. The Morgan fingerprint density at radius 2 is 2.00 bits per heavy atom. The second kappa shape index (κ2) is 4.25. The van der Waals surface area contributed by atoms with Crippen LogP contribution in [0.5, 0.6) is 0 Å². The fraction of sp³-hybridized carbons (Fsp3) is 0. The highest BCUT2D eigenvalue weighted by atomic mass is 35.5. The summed E-state index contributed by atoms with van der Waals surface area (Å²) < 4.78 is 2.71. The first-order chi connectivity index (χ1) is 9.08. The second-order valence-corrected chi connectivity index (χ2v) is 4.71. The van der Waals surface area contributed by atoms with Crippen LogP contribution in [-0.2, 0) is 0 Å². The summed E-state index contributed by atoms with van der Waals surface area (Å²) in [6.45, 7) is 0. The summed E-state index contributed by atoms with van der Waals surface area (Å²) in [5, 5.41) is 13.5. The van der Waals surface area contributed by atoms with E-state index in [0.29, 0.717) is 26.8 Å². The Hall–Kier alpha value is -2.05. The van der Waals surface area contributed by atoms with E-state index in [1.165, 1.54) is 12.5 Å². The van der Waals surface area contributed by atoms with Crippen molar-refractivity contribution in [1.29, 1.82) is 5.41 Å². The van der Waals surface area contributed by atoms with Gasteiger partial charge in [0.25, 0.3) is 0 Å². The van der Waals surface area contributed by atoms with Gasteiger partial charge in [-0.05, 0) is 18.2 Å². The van der Waals surface area contributed by atoms with Gasteiger partial charge in [0.05, 0.1) is 27.3 Å². The van der Waals surface area contributed by atoms with E-state index in [1.807, 2.05) is 0 Å². The largest absolute Gasteiger partial charge is 0.336 e. The number of fused-ring (bicyclic) bond motifs is 1. The summed E-state index contributed by atoms with van der Waals surface area (Å²) in [7, 11) is 0.